The van der Waals surface area contributed by atoms with Crippen LogP contribution in [-0.2, 0) is 42.3 Å². The van der Waals surface area contributed by atoms with Crippen molar-refractivity contribution in [3.8, 4) is 5.75 Å². The Kier molecular flexibility index (Phi) is 8.13. The summed E-state index contributed by atoms with van der Waals surface area (Å²) in [5.41, 5.74) is 0.342. The number of halogens is 1. The predicted octanol–water partition coefficient (Wildman–Crippen LogP) is 5.78. The molecule has 0 amide bonds. The molecule has 1 aromatic carbocycles. The number of aromatic amines is 1. The van der Waals surface area contributed by atoms with Crippen LogP contribution in [0.4, 0.5) is 4.39 Å². The quantitative estimate of drug-likeness (QED) is 0.360. The van der Waals surface area contributed by atoms with Crippen molar-refractivity contribution < 1.29 is 27.3 Å². The number of phosphoric acid groups is 1. The van der Waals surface area contributed by atoms with E-state index in [2.05, 4.69) is 4.98 Å². The van der Waals surface area contributed by atoms with Gasteiger partial charge in [0.25, 0.3) is 0 Å². The van der Waals surface area contributed by atoms with Crippen molar-refractivity contribution in [2.24, 2.45) is 0 Å². The van der Waals surface area contributed by atoms with Crippen LogP contribution in [0.15, 0.2) is 23.1 Å². The van der Waals surface area contributed by atoms with Crippen LogP contribution >= 0.6 is 20.0 Å². The maximum Gasteiger partial charge on any atom is 0.530 e. The fraction of sp³-hybridized carbons (Fsp3) is 0.583. The summed E-state index contributed by atoms with van der Waals surface area (Å²) in [6.45, 7) is 11.7. The minimum Gasteiger partial charge on any atom is -0.403 e. The van der Waals surface area contributed by atoms with Gasteiger partial charge in [0.1, 0.15) is 16.2 Å². The Labute approximate surface area is 210 Å². The zero-order valence-corrected chi connectivity index (χ0v) is 23.0. The molecular weight excluding hydrogens is 494 g/mol. The Balaban J connectivity index is 1.79. The lowest BCUT2D eigenvalue weighted by Crippen LogP contribution is -2.27. The number of benzene rings is 1. The Morgan fingerprint density at radius 2 is 1.89 bits per heavy atom. The molecule has 2 heterocycles. The number of aromatic nitrogens is 2. The van der Waals surface area contributed by atoms with Crippen LogP contribution in [0.3, 0.4) is 0 Å². The number of rotatable bonds is 7. The van der Waals surface area contributed by atoms with E-state index >= 15 is 4.39 Å². The molecule has 3 rings (SSSR count). The van der Waals surface area contributed by atoms with Gasteiger partial charge in [-0.05, 0) is 34.9 Å². The smallest absolute Gasteiger partial charge is 0.403 e. The van der Waals surface area contributed by atoms with E-state index in [-0.39, 0.29) is 30.2 Å². The maximum atomic E-state index is 15.4. The highest BCUT2D eigenvalue weighted by Gasteiger charge is 2.41. The van der Waals surface area contributed by atoms with Crippen molar-refractivity contribution in [1.29, 1.82) is 0 Å². The summed E-state index contributed by atoms with van der Waals surface area (Å²) in [6, 6.07) is 3.40. The highest BCUT2D eigenvalue weighted by Crippen LogP contribution is 2.57. The van der Waals surface area contributed by atoms with E-state index < -0.39 is 30.6 Å². The molecule has 1 N–H and O–H groups in total. The van der Waals surface area contributed by atoms with Gasteiger partial charge in [0.2, 0.25) is 0 Å². The second kappa shape index (κ2) is 10.3. The number of hydrogen-bond donors (Lipinski definition) is 1. The summed E-state index contributed by atoms with van der Waals surface area (Å²) in [4.78, 5) is 14.5. The topological polar surface area (TPSA) is 91.8 Å². The molecule has 0 aliphatic carbocycles. The zero-order valence-electron chi connectivity index (χ0n) is 21.3. The third kappa shape index (κ3) is 6.49. The van der Waals surface area contributed by atoms with Crippen LogP contribution in [-0.4, -0.2) is 29.4 Å². The van der Waals surface area contributed by atoms with Gasteiger partial charge in [0.15, 0.2) is 0 Å². The molecule has 1 aromatic heterocycles. The van der Waals surface area contributed by atoms with Gasteiger partial charge in [-0.2, -0.15) is 0 Å². The fourth-order valence-electron chi connectivity index (χ4n) is 3.73. The molecule has 2 atom stereocenters. The molecule has 0 saturated heterocycles. The molecule has 0 radical (unpaired) electrons. The summed E-state index contributed by atoms with van der Waals surface area (Å²) < 4.78 is 52.8. The molecule has 0 spiro atoms. The minimum absolute atomic E-state index is 0.103. The van der Waals surface area contributed by atoms with Gasteiger partial charge in [-0.1, -0.05) is 53.8 Å². The highest BCUT2D eigenvalue weighted by atomic mass is 32.1. The number of nitrogens with one attached hydrogen (secondary N) is 1. The monoisotopic (exact) mass is 528 g/mol. The van der Waals surface area contributed by atoms with E-state index in [9.17, 15) is 9.36 Å². The third-order valence-electron chi connectivity index (χ3n) is 5.84. The maximum absolute atomic E-state index is 15.4. The number of hydrogen-bond acceptors (Lipinski definition) is 7. The molecule has 1 aliphatic heterocycles. The molecule has 2 aromatic rings. The van der Waals surface area contributed by atoms with E-state index in [1.165, 1.54) is 11.7 Å². The van der Waals surface area contributed by atoms with E-state index in [4.69, 9.17) is 30.5 Å². The summed E-state index contributed by atoms with van der Waals surface area (Å²) in [5, 5.41) is 0. The molecule has 11 heteroatoms. The van der Waals surface area contributed by atoms with Crippen molar-refractivity contribution >= 4 is 20.0 Å². The Hall–Kier alpha value is -1.84. The van der Waals surface area contributed by atoms with Crippen molar-refractivity contribution in [2.45, 2.75) is 78.0 Å². The number of methoxy groups -OCH3 is 1. The van der Waals surface area contributed by atoms with Gasteiger partial charge in [-0.25, -0.2) is 13.8 Å². The van der Waals surface area contributed by atoms with Crippen LogP contribution in [0.25, 0.3) is 0 Å². The van der Waals surface area contributed by atoms with Gasteiger partial charge >= 0.3 is 13.5 Å². The molecule has 0 bridgehead atoms. The van der Waals surface area contributed by atoms with Crippen LogP contribution in [0.1, 0.15) is 64.7 Å². The number of phosphoric ester groups is 1. The Bertz CT molecular complexity index is 1240. The van der Waals surface area contributed by atoms with E-state index in [1.54, 1.807) is 18.3 Å². The normalized spacial score (nSPS) is 19.2. The second-order valence-electron chi connectivity index (χ2n) is 10.7. The van der Waals surface area contributed by atoms with Gasteiger partial charge in [-0.15, -0.1) is 0 Å². The van der Waals surface area contributed by atoms with Crippen molar-refractivity contribution in [3.05, 3.63) is 56.0 Å². The van der Waals surface area contributed by atoms with Crippen molar-refractivity contribution in [3.63, 3.8) is 0 Å². The van der Waals surface area contributed by atoms with Crippen LogP contribution in [0.2, 0.25) is 0 Å². The number of aryl methyl sites for hydroxylation is 1. The Morgan fingerprint density at radius 1 is 1.23 bits per heavy atom. The van der Waals surface area contributed by atoms with Crippen molar-refractivity contribution in [1.82, 2.24) is 9.55 Å². The molecule has 1 aliphatic rings. The van der Waals surface area contributed by atoms with E-state index in [0.29, 0.717) is 23.2 Å². The van der Waals surface area contributed by atoms with Gasteiger partial charge in [-0.3, -0.25) is 14.0 Å². The van der Waals surface area contributed by atoms with Crippen LogP contribution in [0.5, 0.6) is 5.75 Å². The third-order valence-corrected chi connectivity index (χ3v) is 7.39. The number of H-pyrrole nitrogens is 1. The molecule has 0 fully saturated rings. The standard InChI is InChI=1S/C24H34FN2O6PS/c1-23(2,3)17-12-18(24(4,5)6)21-16(20(17)25)14-32-34(29,33-21)31-13-15(30-7)8-10-27-11-9-19(35)26-22(27)28/h9,11-12,15H,8,10,13-14H2,1-7H3,(H,26,28,35). The largest absolute Gasteiger partial charge is 0.530 e. The summed E-state index contributed by atoms with van der Waals surface area (Å²) in [5.74, 6) is -0.216. The van der Waals surface area contributed by atoms with E-state index in [0.717, 1.165) is 5.56 Å². The molecule has 35 heavy (non-hydrogen) atoms. The minimum atomic E-state index is -4.03. The molecule has 8 nitrogen and oxygen atoms in total. The predicted molar refractivity (Wildman–Crippen MR) is 134 cm³/mol. The van der Waals surface area contributed by atoms with Crippen molar-refractivity contribution in [2.75, 3.05) is 13.7 Å². The lowest BCUT2D eigenvalue weighted by Gasteiger charge is -2.33. The van der Waals surface area contributed by atoms with Crippen LogP contribution in [0, 0.1) is 10.5 Å². The Morgan fingerprint density at radius 3 is 2.46 bits per heavy atom. The molecule has 2 unspecified atom stereocenters. The summed E-state index contributed by atoms with van der Waals surface area (Å²) in [6.07, 6.45) is 1.50. The van der Waals surface area contributed by atoms with Crippen LogP contribution < -0.4 is 10.2 Å². The molecule has 0 saturated carbocycles. The summed E-state index contributed by atoms with van der Waals surface area (Å²) >= 11 is 4.94. The number of ether oxygens (including phenoxy) is 1. The summed E-state index contributed by atoms with van der Waals surface area (Å²) in [7, 11) is -2.54. The first kappa shape index (κ1) is 27.7. The van der Waals surface area contributed by atoms with E-state index in [1.807, 2.05) is 41.5 Å². The first-order chi connectivity index (χ1) is 16.1. The molecular formula is C24H34FN2O6PS. The average molecular weight is 529 g/mol. The van der Waals surface area contributed by atoms with Gasteiger partial charge in [0.05, 0.1) is 24.9 Å². The first-order valence-electron chi connectivity index (χ1n) is 11.4. The molecule has 194 valence electrons. The average Bonchev–Trinajstić information content (AvgIpc) is 2.73. The SMILES string of the molecule is COC(CCn1ccc(=S)[nH]c1=O)COP1(=O)OCc2c(F)c(C(C)(C)C)cc(C(C)(C)C)c2O1. The van der Waals surface area contributed by atoms with Gasteiger partial charge < -0.3 is 13.8 Å². The number of fused-ring (bicyclic) bond motifs is 1. The zero-order chi connectivity index (χ0) is 26.2. The lowest BCUT2D eigenvalue weighted by atomic mass is 9.78. The first-order valence-corrected chi connectivity index (χ1v) is 13.3. The lowest BCUT2D eigenvalue weighted by molar-refractivity contribution is 0.0296. The fourth-order valence-corrected chi connectivity index (χ4v) is 5.12. The number of nitrogens with zero attached hydrogens (tertiary/aromatic N) is 1. The highest BCUT2D eigenvalue weighted by molar-refractivity contribution is 7.71. The van der Waals surface area contributed by atoms with Gasteiger partial charge in [0, 0.05) is 25.4 Å². The second-order valence-corrected chi connectivity index (χ2v) is 12.7.